The van der Waals surface area contributed by atoms with Crippen LogP contribution < -0.4 is 9.47 Å². The molecule has 1 aliphatic rings. The largest absolute Gasteiger partial charge is 0.483 e. The predicted molar refractivity (Wildman–Crippen MR) is 73.9 cm³/mol. The van der Waals surface area contributed by atoms with Crippen molar-refractivity contribution < 1.29 is 9.47 Å². The maximum absolute atomic E-state index is 8.73. The van der Waals surface area contributed by atoms with Gasteiger partial charge in [0.25, 0.3) is 0 Å². The Bertz CT molecular complexity index is 685. The maximum Gasteiger partial charge on any atom is 0.169 e. The van der Waals surface area contributed by atoms with Crippen LogP contribution in [0, 0.1) is 11.3 Å². The van der Waals surface area contributed by atoms with Crippen LogP contribution in [0.25, 0.3) is 0 Å². The van der Waals surface area contributed by atoms with E-state index < -0.39 is 0 Å². The molecule has 1 aromatic heterocycles. The van der Waals surface area contributed by atoms with Gasteiger partial charge in [0.05, 0.1) is 6.20 Å². The molecule has 0 saturated heterocycles. The van der Waals surface area contributed by atoms with Crippen LogP contribution in [0.1, 0.15) is 25.1 Å². The number of aromatic nitrogens is 1. The second kappa shape index (κ2) is 4.53. The van der Waals surface area contributed by atoms with Gasteiger partial charge in [-0.15, -0.1) is 0 Å². The van der Waals surface area contributed by atoms with E-state index in [0.717, 1.165) is 17.7 Å². The number of nitrogens with zero attached hydrogens (tertiary/aromatic N) is 2. The Balaban J connectivity index is 1.89. The Hall–Kier alpha value is -2.54. The summed E-state index contributed by atoms with van der Waals surface area (Å²) in [5.41, 5.74) is 1.31. The van der Waals surface area contributed by atoms with Crippen LogP contribution in [0.15, 0.2) is 36.5 Å². The first-order chi connectivity index (χ1) is 9.57. The van der Waals surface area contributed by atoms with E-state index in [1.807, 2.05) is 24.3 Å². The summed E-state index contributed by atoms with van der Waals surface area (Å²) >= 11 is 0. The van der Waals surface area contributed by atoms with E-state index in [0.29, 0.717) is 17.2 Å². The van der Waals surface area contributed by atoms with Gasteiger partial charge in [-0.2, -0.15) is 5.26 Å². The van der Waals surface area contributed by atoms with Gasteiger partial charge in [-0.05, 0) is 32.0 Å². The number of para-hydroxylation sites is 1. The second-order valence-corrected chi connectivity index (χ2v) is 5.38. The van der Waals surface area contributed by atoms with Crippen molar-refractivity contribution in [3.05, 3.63) is 47.8 Å². The Morgan fingerprint density at radius 3 is 2.85 bits per heavy atom. The van der Waals surface area contributed by atoms with Crippen LogP contribution in [0.3, 0.4) is 0 Å². The SMILES string of the molecule is CC1(C)Cc2cccc(Oc3ccc(C#N)nc3)c2O1. The highest BCUT2D eigenvalue weighted by Crippen LogP contribution is 2.43. The van der Waals surface area contributed by atoms with Crippen molar-refractivity contribution in [2.24, 2.45) is 0 Å². The molecule has 2 heterocycles. The lowest BCUT2D eigenvalue weighted by Gasteiger charge is -2.18. The van der Waals surface area contributed by atoms with Gasteiger partial charge < -0.3 is 9.47 Å². The minimum absolute atomic E-state index is 0.204. The highest BCUT2D eigenvalue weighted by atomic mass is 16.5. The first-order valence-electron chi connectivity index (χ1n) is 6.42. The molecule has 0 spiro atoms. The quantitative estimate of drug-likeness (QED) is 0.835. The fourth-order valence-electron chi connectivity index (χ4n) is 2.30. The van der Waals surface area contributed by atoms with E-state index in [1.165, 1.54) is 6.20 Å². The molecule has 0 bridgehead atoms. The lowest BCUT2D eigenvalue weighted by molar-refractivity contribution is 0.135. The summed E-state index contributed by atoms with van der Waals surface area (Å²) in [6, 6.07) is 11.2. The Kier molecular flexibility index (Phi) is 2.83. The zero-order chi connectivity index (χ0) is 14.2. The molecule has 1 aromatic carbocycles. The summed E-state index contributed by atoms with van der Waals surface area (Å²) in [5, 5.41) is 8.73. The summed E-state index contributed by atoms with van der Waals surface area (Å²) < 4.78 is 11.8. The van der Waals surface area contributed by atoms with Crippen molar-refractivity contribution in [3.8, 4) is 23.3 Å². The van der Waals surface area contributed by atoms with E-state index in [9.17, 15) is 0 Å². The van der Waals surface area contributed by atoms with Crippen LogP contribution in [-0.4, -0.2) is 10.6 Å². The van der Waals surface area contributed by atoms with Gasteiger partial charge in [-0.1, -0.05) is 12.1 Å². The third kappa shape index (κ3) is 2.30. The maximum atomic E-state index is 8.73. The first kappa shape index (κ1) is 12.5. The number of ether oxygens (including phenoxy) is 2. The molecule has 0 fully saturated rings. The molecule has 4 heteroatoms. The summed E-state index contributed by atoms with van der Waals surface area (Å²) in [7, 11) is 0. The van der Waals surface area contributed by atoms with E-state index >= 15 is 0 Å². The number of nitriles is 1. The Morgan fingerprint density at radius 1 is 1.30 bits per heavy atom. The van der Waals surface area contributed by atoms with Crippen molar-refractivity contribution in [3.63, 3.8) is 0 Å². The predicted octanol–water partition coefficient (Wildman–Crippen LogP) is 3.46. The molecule has 0 amide bonds. The van der Waals surface area contributed by atoms with Crippen LogP contribution >= 0.6 is 0 Å². The number of rotatable bonds is 2. The van der Waals surface area contributed by atoms with Gasteiger partial charge in [0.15, 0.2) is 11.5 Å². The third-order valence-electron chi connectivity index (χ3n) is 3.13. The number of pyridine rings is 1. The van der Waals surface area contributed by atoms with Crippen LogP contribution in [0.2, 0.25) is 0 Å². The van der Waals surface area contributed by atoms with Gasteiger partial charge in [-0.3, -0.25) is 0 Å². The highest BCUT2D eigenvalue weighted by Gasteiger charge is 2.32. The fourth-order valence-corrected chi connectivity index (χ4v) is 2.30. The minimum atomic E-state index is -0.204. The normalized spacial score (nSPS) is 15.1. The van der Waals surface area contributed by atoms with Gasteiger partial charge in [0.1, 0.15) is 23.1 Å². The van der Waals surface area contributed by atoms with E-state index in [-0.39, 0.29) is 5.60 Å². The fraction of sp³-hybridized carbons (Fsp3) is 0.250. The molecule has 4 nitrogen and oxygen atoms in total. The zero-order valence-electron chi connectivity index (χ0n) is 11.4. The number of benzene rings is 1. The van der Waals surface area contributed by atoms with Crippen molar-refractivity contribution in [2.45, 2.75) is 25.9 Å². The van der Waals surface area contributed by atoms with Crippen LogP contribution in [0.5, 0.6) is 17.2 Å². The lowest BCUT2D eigenvalue weighted by atomic mass is 10.0. The van der Waals surface area contributed by atoms with Gasteiger partial charge >= 0.3 is 0 Å². The molecule has 0 unspecified atom stereocenters. The Morgan fingerprint density at radius 2 is 2.15 bits per heavy atom. The summed E-state index contributed by atoms with van der Waals surface area (Å²) in [6.07, 6.45) is 2.41. The average molecular weight is 266 g/mol. The molecule has 0 saturated carbocycles. The highest BCUT2D eigenvalue weighted by molar-refractivity contribution is 5.51. The van der Waals surface area contributed by atoms with Crippen molar-refractivity contribution in [1.29, 1.82) is 5.26 Å². The van der Waals surface area contributed by atoms with Gasteiger partial charge in [-0.25, -0.2) is 4.98 Å². The summed E-state index contributed by atoms with van der Waals surface area (Å²) in [5.74, 6) is 2.06. The second-order valence-electron chi connectivity index (χ2n) is 5.38. The van der Waals surface area contributed by atoms with E-state index in [4.69, 9.17) is 14.7 Å². The number of hydrogen-bond acceptors (Lipinski definition) is 4. The molecule has 2 aromatic rings. The van der Waals surface area contributed by atoms with Crippen molar-refractivity contribution in [1.82, 2.24) is 4.98 Å². The molecule has 3 rings (SSSR count). The molecule has 100 valence electrons. The lowest BCUT2D eigenvalue weighted by Crippen LogP contribution is -2.24. The Labute approximate surface area is 117 Å². The third-order valence-corrected chi connectivity index (χ3v) is 3.13. The van der Waals surface area contributed by atoms with E-state index in [1.54, 1.807) is 12.1 Å². The average Bonchev–Trinajstić information content (AvgIpc) is 2.75. The first-order valence-corrected chi connectivity index (χ1v) is 6.42. The monoisotopic (exact) mass is 266 g/mol. The zero-order valence-corrected chi connectivity index (χ0v) is 11.4. The van der Waals surface area contributed by atoms with Crippen molar-refractivity contribution in [2.75, 3.05) is 0 Å². The number of fused-ring (bicyclic) bond motifs is 1. The van der Waals surface area contributed by atoms with Crippen molar-refractivity contribution >= 4 is 0 Å². The van der Waals surface area contributed by atoms with Crippen LogP contribution in [-0.2, 0) is 6.42 Å². The smallest absolute Gasteiger partial charge is 0.169 e. The summed E-state index contributed by atoms with van der Waals surface area (Å²) in [4.78, 5) is 3.99. The van der Waals surface area contributed by atoms with Gasteiger partial charge in [0, 0.05) is 12.0 Å². The minimum Gasteiger partial charge on any atom is -0.483 e. The molecule has 20 heavy (non-hydrogen) atoms. The molecule has 0 atom stereocenters. The van der Waals surface area contributed by atoms with Crippen LogP contribution in [0.4, 0.5) is 0 Å². The van der Waals surface area contributed by atoms with Gasteiger partial charge in [0.2, 0.25) is 0 Å². The molecule has 1 aliphatic heterocycles. The molecule has 0 radical (unpaired) electrons. The molecule has 0 aliphatic carbocycles. The topological polar surface area (TPSA) is 55.1 Å². The van der Waals surface area contributed by atoms with E-state index in [2.05, 4.69) is 18.8 Å². The molecular weight excluding hydrogens is 252 g/mol. The molecule has 0 N–H and O–H groups in total. The molecular formula is C16H14N2O2. The number of hydrogen-bond donors (Lipinski definition) is 0. The summed E-state index contributed by atoms with van der Waals surface area (Å²) in [6.45, 7) is 4.11. The standard InChI is InChI=1S/C16H14N2O2/c1-16(2)8-11-4-3-5-14(15(11)20-16)19-13-7-6-12(9-17)18-10-13/h3-7,10H,8H2,1-2H3.